The Morgan fingerprint density at radius 2 is 2.17 bits per heavy atom. The minimum Gasteiger partial charge on any atom is -0.432 e. The van der Waals surface area contributed by atoms with Crippen LogP contribution in [0.5, 0.6) is 0 Å². The summed E-state index contributed by atoms with van der Waals surface area (Å²) in [4.78, 5) is 17.5. The zero-order valence-corrected chi connectivity index (χ0v) is 16.5. The van der Waals surface area contributed by atoms with Crippen molar-refractivity contribution in [2.24, 2.45) is 0 Å². The van der Waals surface area contributed by atoms with Crippen molar-refractivity contribution >= 4 is 15.7 Å². The molecule has 1 aliphatic rings. The average molecular weight is 442 g/mol. The maximum Gasteiger partial charge on any atom is 0.416 e. The van der Waals surface area contributed by atoms with Crippen molar-refractivity contribution in [2.75, 3.05) is 18.6 Å². The molecule has 0 aliphatic carbocycles. The van der Waals surface area contributed by atoms with Gasteiger partial charge in [-0.2, -0.15) is 18.4 Å². The Bertz CT molecular complexity index is 1090. The number of alkyl halides is 3. The number of oxazole rings is 1. The molecule has 160 valence electrons. The molecule has 0 saturated carbocycles. The lowest BCUT2D eigenvalue weighted by Gasteiger charge is -2.16. The molecule has 1 amide bonds. The molecule has 1 N–H and O–H groups in total. The molecule has 2 atom stereocenters. The van der Waals surface area contributed by atoms with Crippen molar-refractivity contribution in [3.8, 4) is 17.5 Å². The molecule has 0 unspecified atom stereocenters. The summed E-state index contributed by atoms with van der Waals surface area (Å²) in [6.45, 7) is 0.129. The van der Waals surface area contributed by atoms with E-state index in [2.05, 4.69) is 10.3 Å². The van der Waals surface area contributed by atoms with E-state index >= 15 is 0 Å². The van der Waals surface area contributed by atoms with Gasteiger partial charge in [0.2, 0.25) is 0 Å². The number of carbonyl (C=O) groups is 1. The molecule has 1 aromatic carbocycles. The second-order valence-corrected chi connectivity index (χ2v) is 9.20. The quantitative estimate of drug-likeness (QED) is 0.705. The van der Waals surface area contributed by atoms with Crippen molar-refractivity contribution in [2.45, 2.75) is 24.7 Å². The second-order valence-electron chi connectivity index (χ2n) is 7.01. The van der Waals surface area contributed by atoms with Crippen LogP contribution in [0.25, 0.3) is 11.3 Å². The normalized spacial score (nSPS) is 19.5. The van der Waals surface area contributed by atoms with Crippen LogP contribution in [-0.4, -0.2) is 54.8 Å². The molecular formula is C18H17F3N4O4S. The fourth-order valence-corrected chi connectivity index (χ4v) is 4.27. The van der Waals surface area contributed by atoms with E-state index in [0.29, 0.717) is 0 Å². The number of halogens is 3. The third-order valence-electron chi connectivity index (χ3n) is 4.55. The van der Waals surface area contributed by atoms with E-state index in [1.807, 2.05) is 6.19 Å². The van der Waals surface area contributed by atoms with Gasteiger partial charge in [0.05, 0.1) is 23.6 Å². The predicted molar refractivity (Wildman–Crippen MR) is 98.6 cm³/mol. The molecule has 1 aliphatic heterocycles. The number of rotatable bonds is 5. The number of nitrogens with one attached hydrogen (secondary N) is 1. The highest BCUT2D eigenvalue weighted by molar-refractivity contribution is 7.90. The summed E-state index contributed by atoms with van der Waals surface area (Å²) in [5.41, 5.74) is -0.747. The van der Waals surface area contributed by atoms with Crippen LogP contribution >= 0.6 is 0 Å². The van der Waals surface area contributed by atoms with Crippen molar-refractivity contribution in [3.63, 3.8) is 0 Å². The van der Waals surface area contributed by atoms with Gasteiger partial charge in [-0.15, -0.1) is 0 Å². The molecule has 0 spiro atoms. The van der Waals surface area contributed by atoms with E-state index in [0.717, 1.165) is 24.6 Å². The first-order valence-corrected chi connectivity index (χ1v) is 10.8. The van der Waals surface area contributed by atoms with Crippen molar-refractivity contribution in [1.82, 2.24) is 15.2 Å². The van der Waals surface area contributed by atoms with Gasteiger partial charge in [-0.3, -0.25) is 4.79 Å². The number of benzene rings is 1. The molecule has 12 heteroatoms. The van der Waals surface area contributed by atoms with E-state index in [1.54, 1.807) is 0 Å². The van der Waals surface area contributed by atoms with Crippen LogP contribution < -0.4 is 5.32 Å². The number of nitrogens with zero attached hydrogens (tertiary/aromatic N) is 3. The summed E-state index contributed by atoms with van der Waals surface area (Å²) in [6.07, 6.45) is -0.155. The molecule has 0 bridgehead atoms. The summed E-state index contributed by atoms with van der Waals surface area (Å²) in [6, 6.07) is 3.36. The number of carbonyl (C=O) groups excluding carboxylic acids is 1. The highest BCUT2D eigenvalue weighted by atomic mass is 32.2. The minimum absolute atomic E-state index is 0.00808. The van der Waals surface area contributed by atoms with Crippen LogP contribution in [0.15, 0.2) is 34.9 Å². The predicted octanol–water partition coefficient (Wildman–Crippen LogP) is 2.06. The van der Waals surface area contributed by atoms with Gasteiger partial charge >= 0.3 is 12.1 Å². The average Bonchev–Trinajstić information content (AvgIpc) is 3.27. The zero-order chi connectivity index (χ0) is 22.1. The summed E-state index contributed by atoms with van der Waals surface area (Å²) in [5, 5.41) is 11.8. The Morgan fingerprint density at radius 1 is 1.43 bits per heavy atom. The van der Waals surface area contributed by atoms with E-state index < -0.39 is 39.6 Å². The summed E-state index contributed by atoms with van der Waals surface area (Å²) in [5.74, 6) is -1.29. The highest BCUT2D eigenvalue weighted by Crippen LogP contribution is 2.32. The van der Waals surface area contributed by atoms with E-state index in [-0.39, 0.29) is 35.9 Å². The summed E-state index contributed by atoms with van der Waals surface area (Å²) >= 11 is 0. The number of likely N-dealkylation sites (tertiary alicyclic amines) is 1. The minimum atomic E-state index is -4.52. The first-order chi connectivity index (χ1) is 14.0. The lowest BCUT2D eigenvalue weighted by atomic mass is 10.1. The molecule has 3 rings (SSSR count). The third kappa shape index (κ3) is 5.10. The Balaban J connectivity index is 1.70. The van der Waals surface area contributed by atoms with Gasteiger partial charge in [0.25, 0.3) is 5.89 Å². The summed E-state index contributed by atoms with van der Waals surface area (Å²) < 4.78 is 66.9. The highest BCUT2D eigenvalue weighted by Gasteiger charge is 2.35. The first-order valence-electron chi connectivity index (χ1n) is 8.74. The molecule has 1 aromatic heterocycles. The Hall–Kier alpha value is -3.07. The molecule has 0 radical (unpaired) electrons. The topological polar surface area (TPSA) is 116 Å². The van der Waals surface area contributed by atoms with Crippen LogP contribution in [0, 0.1) is 11.5 Å². The number of sulfone groups is 1. The molecule has 2 aromatic rings. The largest absolute Gasteiger partial charge is 0.432 e. The standard InChI is InChI=1S/C18H17F3N4O4S/c1-30(27,28)9-14-6-13(8-25(14)10-22)24-16(26)17-23-7-15(29-17)11-3-2-4-12(5-11)18(19,20)21/h2-5,7,13-14H,6,8-9H2,1H3,(H,24,26)/t13-,14+/m1/s1. The number of hydrogen-bond acceptors (Lipinski definition) is 7. The zero-order valence-electron chi connectivity index (χ0n) is 15.7. The van der Waals surface area contributed by atoms with Gasteiger partial charge in [0.15, 0.2) is 12.0 Å². The Kier molecular flexibility index (Phi) is 5.76. The Morgan fingerprint density at radius 3 is 2.80 bits per heavy atom. The fraction of sp³-hybridized carbons (Fsp3) is 0.389. The number of hydrogen-bond donors (Lipinski definition) is 1. The number of amides is 1. The van der Waals surface area contributed by atoms with Crippen molar-refractivity contribution < 1.29 is 30.8 Å². The van der Waals surface area contributed by atoms with Gasteiger partial charge in [0.1, 0.15) is 9.84 Å². The van der Waals surface area contributed by atoms with E-state index in [9.17, 15) is 26.4 Å². The van der Waals surface area contributed by atoms with Gasteiger partial charge in [0, 0.05) is 24.4 Å². The van der Waals surface area contributed by atoms with Crippen LogP contribution in [-0.2, 0) is 16.0 Å². The molecule has 8 nitrogen and oxygen atoms in total. The van der Waals surface area contributed by atoms with Crippen molar-refractivity contribution in [1.29, 1.82) is 5.26 Å². The van der Waals surface area contributed by atoms with Crippen molar-refractivity contribution in [3.05, 3.63) is 41.9 Å². The van der Waals surface area contributed by atoms with Crippen LogP contribution in [0.1, 0.15) is 22.7 Å². The number of nitriles is 1. The summed E-state index contributed by atoms with van der Waals surface area (Å²) in [7, 11) is -3.31. The smallest absolute Gasteiger partial charge is 0.416 e. The molecule has 1 saturated heterocycles. The molecule has 2 heterocycles. The lowest BCUT2D eigenvalue weighted by molar-refractivity contribution is -0.137. The van der Waals surface area contributed by atoms with Gasteiger partial charge in [-0.1, -0.05) is 12.1 Å². The number of aromatic nitrogens is 1. The maximum absolute atomic E-state index is 12.9. The lowest BCUT2D eigenvalue weighted by Crippen LogP contribution is -2.36. The fourth-order valence-electron chi connectivity index (χ4n) is 3.26. The monoisotopic (exact) mass is 442 g/mol. The SMILES string of the molecule is CS(=O)(=O)C[C@@H]1C[C@@H](NC(=O)c2ncc(-c3cccc(C(F)(F)F)c3)o2)CN1C#N. The van der Waals surface area contributed by atoms with Gasteiger partial charge < -0.3 is 14.6 Å². The van der Waals surface area contributed by atoms with E-state index in [4.69, 9.17) is 9.68 Å². The van der Waals surface area contributed by atoms with E-state index in [1.165, 1.54) is 17.0 Å². The van der Waals surface area contributed by atoms with Crippen LogP contribution in [0.3, 0.4) is 0 Å². The van der Waals surface area contributed by atoms with Crippen LogP contribution in [0.2, 0.25) is 0 Å². The molecule has 1 fully saturated rings. The van der Waals surface area contributed by atoms with Gasteiger partial charge in [-0.05, 0) is 18.6 Å². The molecule has 30 heavy (non-hydrogen) atoms. The molecular weight excluding hydrogens is 425 g/mol. The first kappa shape index (κ1) is 21.6. The third-order valence-corrected chi connectivity index (χ3v) is 5.54. The second kappa shape index (κ2) is 7.98. The van der Waals surface area contributed by atoms with Gasteiger partial charge in [-0.25, -0.2) is 13.4 Å². The van der Waals surface area contributed by atoms with Crippen LogP contribution in [0.4, 0.5) is 13.2 Å². The maximum atomic E-state index is 12.9. The Labute approximate surface area is 170 Å².